The molecular weight excluding hydrogens is 334 g/mol. The molecule has 0 saturated heterocycles. The van der Waals surface area contributed by atoms with Crippen LogP contribution in [0.2, 0.25) is 5.15 Å². The normalized spacial score (nSPS) is 9.50. The molecule has 3 aromatic rings. The molecule has 0 saturated carbocycles. The van der Waals surface area contributed by atoms with E-state index in [1.165, 1.54) is 10.8 Å². The van der Waals surface area contributed by atoms with Crippen molar-refractivity contribution in [2.45, 2.75) is 27.7 Å². The number of aromatic nitrogens is 1. The Morgan fingerprint density at radius 3 is 1.95 bits per heavy atom. The first-order valence-electron chi connectivity index (χ1n) is 6.88. The smallest absolute Gasteiger partial charge is 0.136 e. The third-order valence-electron chi connectivity index (χ3n) is 2.66. The zero-order valence-electron chi connectivity index (χ0n) is 12.2. The minimum atomic E-state index is 0.545. The number of pyridine rings is 1. The number of nitrogens with zero attached hydrogens (tertiary/aromatic N) is 1. The fourth-order valence-electron chi connectivity index (χ4n) is 1.86. The van der Waals surface area contributed by atoms with Crippen molar-refractivity contribution in [1.29, 1.82) is 0 Å². The third-order valence-corrected chi connectivity index (χ3v) is 3.59. The average molecular weight is 353 g/mol. The topological polar surface area (TPSA) is 12.9 Å². The largest absolute Gasteiger partial charge is 0.243 e. The summed E-state index contributed by atoms with van der Waals surface area (Å²) in [5.74, 6) is 0. The molecule has 0 fully saturated rings. The van der Waals surface area contributed by atoms with Crippen molar-refractivity contribution in [3.05, 3.63) is 52.2 Å². The summed E-state index contributed by atoms with van der Waals surface area (Å²) < 4.78 is 0.970. The Labute approximate surface area is 134 Å². The summed E-state index contributed by atoms with van der Waals surface area (Å²) in [6.45, 7) is 8.00. The highest BCUT2D eigenvalue weighted by Crippen LogP contribution is 2.31. The van der Waals surface area contributed by atoms with E-state index >= 15 is 0 Å². The van der Waals surface area contributed by atoms with Crippen LogP contribution in [-0.4, -0.2) is 4.98 Å². The number of hydrogen-bond acceptors (Lipinski definition) is 1. The highest BCUT2D eigenvalue weighted by Gasteiger charge is 2.05. The van der Waals surface area contributed by atoms with Crippen molar-refractivity contribution in [1.82, 2.24) is 4.98 Å². The number of halogens is 2. The lowest BCUT2D eigenvalue weighted by Gasteiger charge is -2.05. The zero-order valence-corrected chi connectivity index (χ0v) is 14.6. The third kappa shape index (κ3) is 3.50. The van der Waals surface area contributed by atoms with E-state index in [0.29, 0.717) is 5.15 Å². The van der Waals surface area contributed by atoms with E-state index < -0.39 is 0 Å². The van der Waals surface area contributed by atoms with Gasteiger partial charge in [0.15, 0.2) is 0 Å². The molecule has 2 aromatic carbocycles. The Morgan fingerprint density at radius 1 is 0.900 bits per heavy atom. The summed E-state index contributed by atoms with van der Waals surface area (Å²) in [7, 11) is 0. The molecule has 3 heteroatoms. The summed E-state index contributed by atoms with van der Waals surface area (Å²) in [6.07, 6.45) is 1.74. The second-order valence-corrected chi connectivity index (χ2v) is 4.85. The molecule has 1 heterocycles. The van der Waals surface area contributed by atoms with Crippen LogP contribution in [0.5, 0.6) is 0 Å². The Morgan fingerprint density at radius 2 is 1.40 bits per heavy atom. The van der Waals surface area contributed by atoms with Gasteiger partial charge < -0.3 is 0 Å². The van der Waals surface area contributed by atoms with Gasteiger partial charge in [0.1, 0.15) is 5.15 Å². The molecule has 0 unspecified atom stereocenters. The van der Waals surface area contributed by atoms with Crippen LogP contribution in [0.3, 0.4) is 0 Å². The van der Waals surface area contributed by atoms with E-state index in [1.807, 2.05) is 39.8 Å². The SMILES string of the molecule is CC.CC.Clc1ncc(Br)c2cc3ccccc3cc12. The van der Waals surface area contributed by atoms with Crippen molar-refractivity contribution in [2.75, 3.05) is 0 Å². The first-order valence-corrected chi connectivity index (χ1v) is 8.05. The van der Waals surface area contributed by atoms with E-state index in [4.69, 9.17) is 11.6 Å². The standard InChI is InChI=1S/C13H7BrClN.2C2H6/c14-12-7-16-13(15)11-6-9-4-2-1-3-8(9)5-10(11)12;2*1-2/h1-7H;2*1-2H3. The lowest BCUT2D eigenvalue weighted by atomic mass is 10.1. The minimum Gasteiger partial charge on any atom is -0.243 e. The molecule has 0 aliphatic rings. The first-order chi connectivity index (χ1) is 9.75. The van der Waals surface area contributed by atoms with Gasteiger partial charge in [-0.3, -0.25) is 0 Å². The molecule has 0 bridgehead atoms. The molecule has 0 radical (unpaired) electrons. The van der Waals surface area contributed by atoms with Crippen molar-refractivity contribution in [3.8, 4) is 0 Å². The Kier molecular flexibility index (Phi) is 6.97. The average Bonchev–Trinajstić information content (AvgIpc) is 2.54. The molecule has 3 rings (SSSR count). The second kappa shape index (κ2) is 8.23. The van der Waals surface area contributed by atoms with Crippen molar-refractivity contribution >= 4 is 49.1 Å². The summed E-state index contributed by atoms with van der Waals surface area (Å²) >= 11 is 9.59. The molecule has 0 aliphatic heterocycles. The van der Waals surface area contributed by atoms with Gasteiger partial charge in [0, 0.05) is 21.4 Å². The lowest BCUT2D eigenvalue weighted by Crippen LogP contribution is -1.82. The summed E-state index contributed by atoms with van der Waals surface area (Å²) in [6, 6.07) is 12.4. The van der Waals surface area contributed by atoms with Gasteiger partial charge in [-0.05, 0) is 38.8 Å². The van der Waals surface area contributed by atoms with Gasteiger partial charge in [0.25, 0.3) is 0 Å². The fraction of sp³-hybridized carbons (Fsp3) is 0.235. The molecule has 0 atom stereocenters. The number of fused-ring (bicyclic) bond motifs is 2. The van der Waals surface area contributed by atoms with Crippen LogP contribution in [0.4, 0.5) is 0 Å². The van der Waals surface area contributed by atoms with Gasteiger partial charge in [0.05, 0.1) is 0 Å². The number of benzene rings is 2. The van der Waals surface area contributed by atoms with Gasteiger partial charge in [-0.15, -0.1) is 0 Å². The quantitative estimate of drug-likeness (QED) is 0.318. The maximum Gasteiger partial charge on any atom is 0.136 e. The van der Waals surface area contributed by atoms with E-state index in [0.717, 1.165) is 15.2 Å². The van der Waals surface area contributed by atoms with Gasteiger partial charge >= 0.3 is 0 Å². The molecule has 0 spiro atoms. The molecule has 1 nitrogen and oxygen atoms in total. The van der Waals surface area contributed by atoms with Crippen molar-refractivity contribution in [3.63, 3.8) is 0 Å². The van der Waals surface area contributed by atoms with Gasteiger partial charge in [-0.1, -0.05) is 63.6 Å². The van der Waals surface area contributed by atoms with Crippen LogP contribution in [0.1, 0.15) is 27.7 Å². The Bertz CT molecular complexity index is 635. The monoisotopic (exact) mass is 351 g/mol. The van der Waals surface area contributed by atoms with E-state index in [1.54, 1.807) is 6.20 Å². The van der Waals surface area contributed by atoms with Crippen molar-refractivity contribution in [2.24, 2.45) is 0 Å². The van der Waals surface area contributed by atoms with Crippen molar-refractivity contribution < 1.29 is 0 Å². The molecule has 0 aliphatic carbocycles. The zero-order chi connectivity index (χ0) is 15.1. The predicted molar refractivity (Wildman–Crippen MR) is 94.7 cm³/mol. The van der Waals surface area contributed by atoms with Gasteiger partial charge in [0.2, 0.25) is 0 Å². The summed E-state index contributed by atoms with van der Waals surface area (Å²) in [5, 5.41) is 5.01. The van der Waals surface area contributed by atoms with Crippen LogP contribution < -0.4 is 0 Å². The van der Waals surface area contributed by atoms with Gasteiger partial charge in [-0.25, -0.2) is 4.98 Å². The summed E-state index contributed by atoms with van der Waals surface area (Å²) in [5.41, 5.74) is 0. The summed E-state index contributed by atoms with van der Waals surface area (Å²) in [4.78, 5) is 4.13. The highest BCUT2D eigenvalue weighted by atomic mass is 79.9. The molecule has 1 aromatic heterocycles. The number of hydrogen-bond donors (Lipinski definition) is 0. The molecule has 0 amide bonds. The predicted octanol–water partition coefficient (Wildman–Crippen LogP) is 6.86. The number of rotatable bonds is 0. The van der Waals surface area contributed by atoms with Crippen LogP contribution in [0.25, 0.3) is 21.5 Å². The van der Waals surface area contributed by atoms with E-state index in [2.05, 4.69) is 45.2 Å². The van der Waals surface area contributed by atoms with Gasteiger partial charge in [-0.2, -0.15) is 0 Å². The maximum atomic E-state index is 6.10. The Hall–Kier alpha value is -1.12. The first kappa shape index (κ1) is 16.9. The van der Waals surface area contributed by atoms with Crippen LogP contribution >= 0.6 is 27.5 Å². The lowest BCUT2D eigenvalue weighted by molar-refractivity contribution is 1.35. The van der Waals surface area contributed by atoms with Crippen LogP contribution in [0, 0.1) is 0 Å². The van der Waals surface area contributed by atoms with E-state index in [-0.39, 0.29) is 0 Å². The molecule has 106 valence electrons. The molecule has 20 heavy (non-hydrogen) atoms. The van der Waals surface area contributed by atoms with Crippen LogP contribution in [-0.2, 0) is 0 Å². The maximum absolute atomic E-state index is 6.10. The second-order valence-electron chi connectivity index (χ2n) is 3.64. The minimum absolute atomic E-state index is 0.545. The highest BCUT2D eigenvalue weighted by molar-refractivity contribution is 9.10. The van der Waals surface area contributed by atoms with Crippen LogP contribution in [0.15, 0.2) is 47.1 Å². The van der Waals surface area contributed by atoms with E-state index in [9.17, 15) is 0 Å². The fourth-order valence-corrected chi connectivity index (χ4v) is 2.50. The molecular formula is C17H19BrClN. The Balaban J connectivity index is 0.000000461. The molecule has 0 N–H and O–H groups in total.